The van der Waals surface area contributed by atoms with Crippen LogP contribution in [0.2, 0.25) is 0 Å². The number of aromatic nitrogens is 2. The molecule has 0 saturated heterocycles. The summed E-state index contributed by atoms with van der Waals surface area (Å²) in [5, 5.41) is 4.45. The van der Waals surface area contributed by atoms with E-state index >= 15 is 0 Å². The van der Waals surface area contributed by atoms with Crippen molar-refractivity contribution in [3.05, 3.63) is 17.5 Å². The molecule has 0 spiro atoms. The van der Waals surface area contributed by atoms with Crippen molar-refractivity contribution in [3.8, 4) is 0 Å². The number of aryl methyl sites for hydroxylation is 2. The van der Waals surface area contributed by atoms with Gasteiger partial charge in [-0.25, -0.2) is 0 Å². The fourth-order valence-electron chi connectivity index (χ4n) is 1.87. The van der Waals surface area contributed by atoms with Gasteiger partial charge in [-0.3, -0.25) is 9.58 Å². The molecule has 92 valence electrons. The molecule has 0 fully saturated rings. The average Bonchev–Trinajstić information content (AvgIpc) is 2.59. The monoisotopic (exact) mass is 224 g/mol. The van der Waals surface area contributed by atoms with E-state index in [-0.39, 0.29) is 0 Å². The molecule has 1 aromatic heterocycles. The second-order valence-electron chi connectivity index (χ2n) is 4.43. The van der Waals surface area contributed by atoms with Gasteiger partial charge in [0.25, 0.3) is 0 Å². The molecule has 0 aliphatic rings. The van der Waals surface area contributed by atoms with E-state index in [1.165, 1.54) is 5.69 Å². The van der Waals surface area contributed by atoms with Crippen LogP contribution in [0, 0.1) is 6.92 Å². The maximum absolute atomic E-state index is 5.58. The Kier molecular flexibility index (Phi) is 4.96. The lowest BCUT2D eigenvalue weighted by atomic mass is 10.2. The Morgan fingerprint density at radius 2 is 2.25 bits per heavy atom. The third kappa shape index (κ3) is 3.32. The highest BCUT2D eigenvalue weighted by atomic mass is 15.3. The van der Waals surface area contributed by atoms with Crippen LogP contribution < -0.4 is 5.73 Å². The maximum atomic E-state index is 5.58. The lowest BCUT2D eigenvalue weighted by Gasteiger charge is -2.24. The molecule has 2 N–H and O–H groups in total. The Morgan fingerprint density at radius 3 is 2.81 bits per heavy atom. The third-order valence-electron chi connectivity index (χ3n) is 3.03. The van der Waals surface area contributed by atoms with Crippen molar-refractivity contribution in [2.24, 2.45) is 5.73 Å². The van der Waals surface area contributed by atoms with Crippen LogP contribution in [0.3, 0.4) is 0 Å². The minimum Gasteiger partial charge on any atom is -0.330 e. The van der Waals surface area contributed by atoms with E-state index in [0.717, 1.165) is 31.7 Å². The summed E-state index contributed by atoms with van der Waals surface area (Å²) >= 11 is 0. The topological polar surface area (TPSA) is 47.1 Å². The first kappa shape index (κ1) is 13.2. The summed E-state index contributed by atoms with van der Waals surface area (Å²) in [5.41, 5.74) is 7.95. The van der Waals surface area contributed by atoms with Crippen LogP contribution in [-0.2, 0) is 13.1 Å². The highest BCUT2D eigenvalue weighted by Crippen LogP contribution is 2.10. The van der Waals surface area contributed by atoms with E-state index in [1.807, 2.05) is 6.92 Å². The summed E-state index contributed by atoms with van der Waals surface area (Å²) in [5.74, 6) is 0. The third-order valence-corrected chi connectivity index (χ3v) is 3.03. The Balaban J connectivity index is 2.64. The smallest absolute Gasteiger partial charge is 0.0597 e. The minimum atomic E-state index is 0.519. The van der Waals surface area contributed by atoms with Crippen molar-refractivity contribution in [2.75, 3.05) is 13.6 Å². The van der Waals surface area contributed by atoms with Gasteiger partial charge in [0, 0.05) is 19.1 Å². The molecule has 0 aromatic carbocycles. The Labute approximate surface area is 98.4 Å². The summed E-state index contributed by atoms with van der Waals surface area (Å²) in [4.78, 5) is 2.33. The second-order valence-corrected chi connectivity index (χ2v) is 4.43. The molecule has 16 heavy (non-hydrogen) atoms. The molecule has 0 aliphatic heterocycles. The van der Waals surface area contributed by atoms with E-state index in [2.05, 4.69) is 41.6 Å². The van der Waals surface area contributed by atoms with Gasteiger partial charge in [0.15, 0.2) is 0 Å². The number of hydrogen-bond acceptors (Lipinski definition) is 3. The van der Waals surface area contributed by atoms with Crippen LogP contribution in [0.1, 0.15) is 31.7 Å². The van der Waals surface area contributed by atoms with Gasteiger partial charge in [0.2, 0.25) is 0 Å². The zero-order valence-electron chi connectivity index (χ0n) is 10.9. The number of hydrogen-bond donors (Lipinski definition) is 1. The molecular formula is C12H24N4. The van der Waals surface area contributed by atoms with Crippen LogP contribution in [0.25, 0.3) is 0 Å². The van der Waals surface area contributed by atoms with Gasteiger partial charge >= 0.3 is 0 Å². The lowest BCUT2D eigenvalue weighted by molar-refractivity contribution is 0.233. The highest BCUT2D eigenvalue weighted by Gasteiger charge is 2.11. The van der Waals surface area contributed by atoms with E-state index < -0.39 is 0 Å². The zero-order chi connectivity index (χ0) is 12.1. The predicted octanol–water partition coefficient (Wildman–Crippen LogP) is 1.38. The van der Waals surface area contributed by atoms with Gasteiger partial charge < -0.3 is 5.73 Å². The first-order valence-corrected chi connectivity index (χ1v) is 6.02. The summed E-state index contributed by atoms with van der Waals surface area (Å²) in [6.45, 7) is 9.00. The molecule has 0 saturated carbocycles. The molecule has 0 amide bonds. The molecule has 1 unspecified atom stereocenters. The summed E-state index contributed by atoms with van der Waals surface area (Å²) < 4.78 is 2.07. The van der Waals surface area contributed by atoms with Gasteiger partial charge in [-0.05, 0) is 46.9 Å². The molecule has 0 bridgehead atoms. The number of nitrogens with zero attached hydrogens (tertiary/aromatic N) is 3. The van der Waals surface area contributed by atoms with Gasteiger partial charge in [0.05, 0.1) is 11.4 Å². The molecule has 4 heteroatoms. The first-order valence-electron chi connectivity index (χ1n) is 6.02. The van der Waals surface area contributed by atoms with Crippen LogP contribution in [0.15, 0.2) is 6.07 Å². The van der Waals surface area contributed by atoms with Gasteiger partial charge in [-0.15, -0.1) is 0 Å². The molecule has 4 nitrogen and oxygen atoms in total. The zero-order valence-corrected chi connectivity index (χ0v) is 10.9. The fourth-order valence-corrected chi connectivity index (χ4v) is 1.87. The molecule has 1 rings (SSSR count). The lowest BCUT2D eigenvalue weighted by Crippen LogP contribution is -2.31. The Hall–Kier alpha value is -0.870. The normalized spacial score (nSPS) is 13.4. The molecule has 1 atom stereocenters. The van der Waals surface area contributed by atoms with Gasteiger partial charge in [-0.2, -0.15) is 5.10 Å². The largest absolute Gasteiger partial charge is 0.330 e. The van der Waals surface area contributed by atoms with Crippen molar-refractivity contribution in [1.29, 1.82) is 0 Å². The molecule has 1 aromatic rings. The van der Waals surface area contributed by atoms with Crippen LogP contribution in [-0.4, -0.2) is 34.3 Å². The summed E-state index contributed by atoms with van der Waals surface area (Å²) in [6.07, 6.45) is 1.04. The van der Waals surface area contributed by atoms with E-state index in [1.54, 1.807) is 0 Å². The van der Waals surface area contributed by atoms with Crippen molar-refractivity contribution in [1.82, 2.24) is 14.7 Å². The molecule has 1 heterocycles. The van der Waals surface area contributed by atoms with Crippen molar-refractivity contribution >= 4 is 0 Å². The van der Waals surface area contributed by atoms with Gasteiger partial charge in [0.1, 0.15) is 0 Å². The minimum absolute atomic E-state index is 0.519. The van der Waals surface area contributed by atoms with E-state index in [0.29, 0.717) is 6.04 Å². The first-order chi connectivity index (χ1) is 7.58. The SMILES string of the molecule is CCn1nc(C)cc1CN(C)C(C)CCN. The highest BCUT2D eigenvalue weighted by molar-refractivity contribution is 5.08. The van der Waals surface area contributed by atoms with Crippen LogP contribution in [0.4, 0.5) is 0 Å². The van der Waals surface area contributed by atoms with Crippen LogP contribution in [0.5, 0.6) is 0 Å². The van der Waals surface area contributed by atoms with Crippen LogP contribution >= 0.6 is 0 Å². The average molecular weight is 224 g/mol. The maximum Gasteiger partial charge on any atom is 0.0597 e. The second kappa shape index (κ2) is 6.01. The van der Waals surface area contributed by atoms with Crippen molar-refractivity contribution < 1.29 is 0 Å². The Morgan fingerprint density at radius 1 is 1.56 bits per heavy atom. The standard InChI is InChI=1S/C12H24N4/c1-5-16-12(8-10(2)14-16)9-15(4)11(3)6-7-13/h8,11H,5-7,9,13H2,1-4H3. The molecule has 0 aliphatic carbocycles. The number of rotatable bonds is 6. The van der Waals surface area contributed by atoms with Crippen molar-refractivity contribution in [3.63, 3.8) is 0 Å². The Bertz CT molecular complexity index is 319. The van der Waals surface area contributed by atoms with Crippen molar-refractivity contribution in [2.45, 2.75) is 46.3 Å². The molecule has 0 radical (unpaired) electrons. The summed E-state index contributed by atoms with van der Waals surface area (Å²) in [6, 6.07) is 2.68. The van der Waals surface area contributed by atoms with Gasteiger partial charge in [-0.1, -0.05) is 0 Å². The quantitative estimate of drug-likeness (QED) is 0.794. The van der Waals surface area contributed by atoms with E-state index in [9.17, 15) is 0 Å². The molecular weight excluding hydrogens is 200 g/mol. The predicted molar refractivity (Wildman–Crippen MR) is 67.2 cm³/mol. The number of nitrogens with two attached hydrogens (primary N) is 1. The summed E-state index contributed by atoms with van der Waals surface area (Å²) in [7, 11) is 2.14. The fraction of sp³-hybridized carbons (Fsp3) is 0.750. The van der Waals surface area contributed by atoms with E-state index in [4.69, 9.17) is 5.73 Å².